The average Bonchev–Trinajstić information content (AvgIpc) is 2.77. The van der Waals surface area contributed by atoms with E-state index in [1.807, 2.05) is 81.4 Å². The zero-order valence-corrected chi connectivity index (χ0v) is 22.0. The predicted octanol–water partition coefficient (Wildman–Crippen LogP) is 7.68. The summed E-state index contributed by atoms with van der Waals surface area (Å²) in [5, 5.41) is 7.04. The van der Waals surface area contributed by atoms with Gasteiger partial charge >= 0.3 is 0 Å². The number of benzene rings is 3. The maximum absolute atomic E-state index is 12.1. The smallest absolute Gasteiger partial charge is 0.224 e. The Hall–Kier alpha value is -2.70. The fourth-order valence-electron chi connectivity index (χ4n) is 3.40. The normalized spacial score (nSPS) is 10.8. The maximum Gasteiger partial charge on any atom is 0.224 e. The Kier molecular flexibility index (Phi) is 9.66. The molecule has 3 rings (SSSR count). The van der Waals surface area contributed by atoms with Gasteiger partial charge in [-0.3, -0.25) is 4.79 Å². The van der Waals surface area contributed by atoms with E-state index in [0.717, 1.165) is 27.0 Å². The van der Waals surface area contributed by atoms with Crippen molar-refractivity contribution >= 4 is 44.8 Å². The van der Waals surface area contributed by atoms with Gasteiger partial charge in [0, 0.05) is 29.4 Å². The summed E-state index contributed by atoms with van der Waals surface area (Å²) in [7, 11) is 0. The Labute approximate surface area is 214 Å². The number of carbonyl (C=O) groups excluding carboxylic acids is 1. The minimum Gasteiger partial charge on any atom is -0.490 e. The highest BCUT2D eigenvalue weighted by molar-refractivity contribution is 9.10. The van der Waals surface area contributed by atoms with Gasteiger partial charge in [0.2, 0.25) is 5.91 Å². The third-order valence-electron chi connectivity index (χ3n) is 4.88. The molecule has 0 aliphatic carbocycles. The molecule has 0 saturated heterocycles. The van der Waals surface area contributed by atoms with Crippen molar-refractivity contribution in [1.82, 2.24) is 0 Å². The van der Waals surface area contributed by atoms with Crippen LogP contribution in [0.4, 0.5) is 11.4 Å². The number of ether oxygens (including phenoxy) is 2. The van der Waals surface area contributed by atoms with Gasteiger partial charge < -0.3 is 20.1 Å². The van der Waals surface area contributed by atoms with Crippen molar-refractivity contribution in [3.63, 3.8) is 0 Å². The molecule has 180 valence electrons. The number of hydrogen-bond donors (Lipinski definition) is 2. The highest BCUT2D eigenvalue weighted by atomic mass is 79.9. The minimum atomic E-state index is 0.0193. The molecule has 0 heterocycles. The monoisotopic (exact) mass is 544 g/mol. The summed E-state index contributed by atoms with van der Waals surface area (Å²) in [6, 6.07) is 19.3. The molecule has 7 heteroatoms. The van der Waals surface area contributed by atoms with E-state index in [0.29, 0.717) is 48.6 Å². The van der Waals surface area contributed by atoms with Crippen LogP contribution in [0, 0.1) is 5.92 Å². The summed E-state index contributed by atoms with van der Waals surface area (Å²) in [6.45, 7) is 7.48. The van der Waals surface area contributed by atoms with Crippen LogP contribution in [0.25, 0.3) is 0 Å². The van der Waals surface area contributed by atoms with Gasteiger partial charge in [0.1, 0.15) is 6.61 Å². The van der Waals surface area contributed by atoms with Gasteiger partial charge in [-0.2, -0.15) is 0 Å². The first kappa shape index (κ1) is 25.9. The van der Waals surface area contributed by atoms with Crippen LogP contribution in [0.3, 0.4) is 0 Å². The highest BCUT2D eigenvalue weighted by Gasteiger charge is 2.13. The first-order valence-corrected chi connectivity index (χ1v) is 12.5. The quantitative estimate of drug-likeness (QED) is 0.259. The number of halogens is 2. The maximum atomic E-state index is 12.1. The Bertz CT molecular complexity index is 1120. The van der Waals surface area contributed by atoms with E-state index in [-0.39, 0.29) is 5.91 Å². The van der Waals surface area contributed by atoms with Crippen LogP contribution in [0.5, 0.6) is 11.5 Å². The van der Waals surface area contributed by atoms with Crippen molar-refractivity contribution < 1.29 is 14.3 Å². The van der Waals surface area contributed by atoms with Gasteiger partial charge in [-0.1, -0.05) is 43.6 Å². The molecule has 0 aliphatic heterocycles. The van der Waals surface area contributed by atoms with E-state index in [2.05, 4.69) is 26.6 Å². The molecule has 0 unspecified atom stereocenters. The van der Waals surface area contributed by atoms with Crippen molar-refractivity contribution in [2.45, 2.75) is 40.3 Å². The van der Waals surface area contributed by atoms with E-state index in [1.54, 1.807) is 0 Å². The predicted molar refractivity (Wildman–Crippen MR) is 143 cm³/mol. The van der Waals surface area contributed by atoms with E-state index in [4.69, 9.17) is 21.1 Å². The molecule has 3 aromatic rings. The fourth-order valence-corrected chi connectivity index (χ4v) is 4.22. The molecule has 5 nitrogen and oxygen atoms in total. The first-order chi connectivity index (χ1) is 16.3. The lowest BCUT2D eigenvalue weighted by molar-refractivity contribution is -0.116. The van der Waals surface area contributed by atoms with E-state index >= 15 is 0 Å². The summed E-state index contributed by atoms with van der Waals surface area (Å²) in [6.07, 6.45) is 0.498. The standard InChI is InChI=1S/C27H30BrClN2O3/c1-4-33-25-14-20(13-24(28)27(25)34-17-19-7-5-8-21(29)12-19)16-30-22-9-6-10-23(15-22)31-26(32)11-18(2)3/h5-10,12-15,18,30H,4,11,16-17H2,1-3H3,(H,31,32). The third kappa shape index (κ3) is 7.96. The zero-order chi connectivity index (χ0) is 24.5. The molecule has 0 spiro atoms. The lowest BCUT2D eigenvalue weighted by atomic mass is 10.1. The second kappa shape index (κ2) is 12.7. The molecule has 0 bridgehead atoms. The molecule has 1 amide bonds. The van der Waals surface area contributed by atoms with Crippen LogP contribution < -0.4 is 20.1 Å². The Balaban J connectivity index is 1.68. The van der Waals surface area contributed by atoms with Gasteiger partial charge in [-0.15, -0.1) is 0 Å². The van der Waals surface area contributed by atoms with Crippen molar-refractivity contribution in [2.75, 3.05) is 17.2 Å². The molecule has 0 aromatic heterocycles. The zero-order valence-electron chi connectivity index (χ0n) is 19.7. The van der Waals surface area contributed by atoms with Gasteiger partial charge in [0.25, 0.3) is 0 Å². The van der Waals surface area contributed by atoms with Gasteiger partial charge in [-0.25, -0.2) is 0 Å². The van der Waals surface area contributed by atoms with Crippen LogP contribution in [0.15, 0.2) is 65.1 Å². The topological polar surface area (TPSA) is 59.6 Å². The van der Waals surface area contributed by atoms with Crippen LogP contribution in [-0.2, 0) is 17.9 Å². The summed E-state index contributed by atoms with van der Waals surface area (Å²) in [5.41, 5.74) is 3.70. The fraction of sp³-hybridized carbons (Fsp3) is 0.296. The Morgan fingerprint density at radius 1 is 1.00 bits per heavy atom. The minimum absolute atomic E-state index is 0.0193. The molecule has 3 aromatic carbocycles. The van der Waals surface area contributed by atoms with Crippen LogP contribution in [0.2, 0.25) is 5.02 Å². The lowest BCUT2D eigenvalue weighted by Gasteiger charge is -2.16. The molecule has 2 N–H and O–H groups in total. The number of anilines is 2. The molecule has 0 radical (unpaired) electrons. The SMILES string of the molecule is CCOc1cc(CNc2cccc(NC(=O)CC(C)C)c2)cc(Br)c1OCc1cccc(Cl)c1. The summed E-state index contributed by atoms with van der Waals surface area (Å²) < 4.78 is 12.7. The number of carbonyl (C=O) groups is 1. The second-order valence-electron chi connectivity index (χ2n) is 8.34. The molecule has 0 fully saturated rings. The highest BCUT2D eigenvalue weighted by Crippen LogP contribution is 2.38. The van der Waals surface area contributed by atoms with Gasteiger partial charge in [0.15, 0.2) is 11.5 Å². The lowest BCUT2D eigenvalue weighted by Crippen LogP contribution is -2.13. The first-order valence-electron chi connectivity index (χ1n) is 11.3. The van der Waals surface area contributed by atoms with E-state index < -0.39 is 0 Å². The van der Waals surface area contributed by atoms with Crippen LogP contribution in [0.1, 0.15) is 38.3 Å². The van der Waals surface area contributed by atoms with E-state index in [1.165, 1.54) is 0 Å². The third-order valence-corrected chi connectivity index (χ3v) is 5.70. The Morgan fingerprint density at radius 2 is 1.76 bits per heavy atom. The van der Waals surface area contributed by atoms with Crippen molar-refractivity contribution in [3.05, 3.63) is 81.3 Å². The summed E-state index contributed by atoms with van der Waals surface area (Å²) in [5.74, 6) is 1.66. The summed E-state index contributed by atoms with van der Waals surface area (Å²) in [4.78, 5) is 12.1. The van der Waals surface area contributed by atoms with Crippen molar-refractivity contribution in [2.24, 2.45) is 5.92 Å². The van der Waals surface area contributed by atoms with Crippen molar-refractivity contribution in [1.29, 1.82) is 0 Å². The molecular formula is C27H30BrClN2O3. The largest absolute Gasteiger partial charge is 0.490 e. The Morgan fingerprint density at radius 3 is 2.50 bits per heavy atom. The van der Waals surface area contributed by atoms with Crippen LogP contribution in [-0.4, -0.2) is 12.5 Å². The number of nitrogens with one attached hydrogen (secondary N) is 2. The number of rotatable bonds is 11. The molecule has 0 saturated carbocycles. The van der Waals surface area contributed by atoms with Gasteiger partial charge in [-0.05, 0) is 82.4 Å². The molecule has 34 heavy (non-hydrogen) atoms. The molecular weight excluding hydrogens is 516 g/mol. The molecule has 0 aliphatic rings. The second-order valence-corrected chi connectivity index (χ2v) is 9.63. The molecule has 0 atom stereocenters. The van der Waals surface area contributed by atoms with Crippen molar-refractivity contribution in [3.8, 4) is 11.5 Å². The summed E-state index contributed by atoms with van der Waals surface area (Å²) >= 11 is 9.72. The average molecular weight is 546 g/mol. The number of hydrogen-bond acceptors (Lipinski definition) is 4. The van der Waals surface area contributed by atoms with E-state index in [9.17, 15) is 4.79 Å². The van der Waals surface area contributed by atoms with Crippen LogP contribution >= 0.6 is 27.5 Å². The number of amides is 1. The van der Waals surface area contributed by atoms with Gasteiger partial charge in [0.05, 0.1) is 11.1 Å².